The van der Waals surface area contributed by atoms with Gasteiger partial charge in [0.2, 0.25) is 0 Å². The molecule has 0 radical (unpaired) electrons. The van der Waals surface area contributed by atoms with Crippen molar-refractivity contribution in [2.75, 3.05) is 4.72 Å². The van der Waals surface area contributed by atoms with Crippen LogP contribution in [0.1, 0.15) is 27.0 Å². The van der Waals surface area contributed by atoms with E-state index in [0.717, 1.165) is 11.1 Å². The molecule has 0 spiro atoms. The summed E-state index contributed by atoms with van der Waals surface area (Å²) >= 11 is 0. The van der Waals surface area contributed by atoms with Crippen LogP contribution in [0.25, 0.3) is 0 Å². The molecular weight excluding hydrogens is 405 g/mol. The number of aryl methyl sites for hydroxylation is 2. The van der Waals surface area contributed by atoms with Crippen molar-refractivity contribution in [1.29, 1.82) is 0 Å². The number of carbonyl (C=O) groups excluding carboxylic acids is 1. The lowest BCUT2D eigenvalue weighted by Crippen LogP contribution is -2.19. The van der Waals surface area contributed by atoms with Gasteiger partial charge in [0, 0.05) is 11.1 Å². The van der Waals surface area contributed by atoms with E-state index in [1.54, 1.807) is 18.2 Å². The van der Waals surface area contributed by atoms with Gasteiger partial charge in [-0.2, -0.15) is 5.10 Å². The second-order valence-corrected chi connectivity index (χ2v) is 8.35. The fraction of sp³-hybridized carbons (Fsp3) is 0.0909. The molecular formula is C22H20FN3O3S. The van der Waals surface area contributed by atoms with Gasteiger partial charge in [0.1, 0.15) is 5.82 Å². The van der Waals surface area contributed by atoms with Crippen molar-refractivity contribution in [2.45, 2.75) is 18.7 Å². The largest absolute Gasteiger partial charge is 0.279 e. The summed E-state index contributed by atoms with van der Waals surface area (Å²) in [5, 5.41) is 3.73. The number of hydrogen-bond acceptors (Lipinski definition) is 4. The van der Waals surface area contributed by atoms with Crippen LogP contribution in [0.15, 0.2) is 76.7 Å². The molecule has 3 aromatic rings. The predicted octanol–water partition coefficient (Wildman–Crippen LogP) is 4.01. The zero-order valence-corrected chi connectivity index (χ0v) is 17.2. The summed E-state index contributed by atoms with van der Waals surface area (Å²) in [6.45, 7) is 3.73. The molecule has 2 N–H and O–H groups in total. The molecule has 0 saturated carbocycles. The maximum absolute atomic E-state index is 13.6. The molecule has 0 saturated heterocycles. The Hall–Kier alpha value is -3.52. The maximum Gasteiger partial charge on any atom is 0.271 e. The van der Waals surface area contributed by atoms with Crippen LogP contribution in [0.4, 0.5) is 10.1 Å². The highest BCUT2D eigenvalue weighted by atomic mass is 32.2. The molecule has 0 aromatic heterocycles. The monoisotopic (exact) mass is 425 g/mol. The Morgan fingerprint density at radius 3 is 2.50 bits per heavy atom. The molecule has 0 bridgehead atoms. The van der Waals surface area contributed by atoms with Crippen LogP contribution in [0.3, 0.4) is 0 Å². The van der Waals surface area contributed by atoms with Gasteiger partial charge in [-0.25, -0.2) is 18.2 Å². The first-order valence-corrected chi connectivity index (χ1v) is 10.5. The van der Waals surface area contributed by atoms with E-state index in [1.807, 2.05) is 26.0 Å². The van der Waals surface area contributed by atoms with Gasteiger partial charge >= 0.3 is 0 Å². The summed E-state index contributed by atoms with van der Waals surface area (Å²) in [6.07, 6.45) is 1.18. The van der Waals surface area contributed by atoms with Crippen molar-refractivity contribution >= 4 is 27.8 Å². The van der Waals surface area contributed by atoms with Gasteiger partial charge in [-0.3, -0.25) is 9.52 Å². The van der Waals surface area contributed by atoms with Crippen molar-refractivity contribution in [3.05, 3.63) is 94.8 Å². The molecule has 0 atom stereocenters. The van der Waals surface area contributed by atoms with E-state index >= 15 is 0 Å². The van der Waals surface area contributed by atoms with Gasteiger partial charge in [0.15, 0.2) is 0 Å². The Balaban J connectivity index is 1.76. The number of anilines is 1. The third-order valence-corrected chi connectivity index (χ3v) is 5.67. The summed E-state index contributed by atoms with van der Waals surface area (Å²) in [5.74, 6) is -1.09. The van der Waals surface area contributed by atoms with E-state index in [4.69, 9.17) is 0 Å². The van der Waals surface area contributed by atoms with E-state index in [-0.39, 0.29) is 16.0 Å². The molecule has 3 rings (SSSR count). The number of amides is 1. The normalized spacial score (nSPS) is 11.4. The molecule has 1 amide bonds. The Morgan fingerprint density at radius 2 is 1.77 bits per heavy atom. The minimum atomic E-state index is -3.89. The van der Waals surface area contributed by atoms with Crippen LogP contribution >= 0.6 is 0 Å². The third kappa shape index (κ3) is 5.09. The molecule has 154 valence electrons. The first-order valence-electron chi connectivity index (χ1n) is 9.04. The smallest absolute Gasteiger partial charge is 0.271 e. The van der Waals surface area contributed by atoms with Crippen LogP contribution in [-0.2, 0) is 10.0 Å². The molecule has 8 heteroatoms. The van der Waals surface area contributed by atoms with E-state index in [9.17, 15) is 17.6 Å². The summed E-state index contributed by atoms with van der Waals surface area (Å²) in [7, 11) is -3.89. The van der Waals surface area contributed by atoms with Gasteiger partial charge < -0.3 is 0 Å². The molecule has 0 fully saturated rings. The highest BCUT2D eigenvalue weighted by Gasteiger charge is 2.17. The zero-order valence-electron chi connectivity index (χ0n) is 16.4. The lowest BCUT2D eigenvalue weighted by atomic mass is 10.1. The lowest BCUT2D eigenvalue weighted by molar-refractivity contribution is 0.0955. The number of nitrogens with zero attached hydrogens (tertiary/aromatic N) is 1. The van der Waals surface area contributed by atoms with Gasteiger partial charge in [-0.15, -0.1) is 0 Å². The van der Waals surface area contributed by atoms with Crippen LogP contribution in [0.2, 0.25) is 0 Å². The van der Waals surface area contributed by atoms with Gasteiger partial charge in [-0.05, 0) is 49.7 Å². The molecule has 0 aliphatic heterocycles. The summed E-state index contributed by atoms with van der Waals surface area (Å²) < 4.78 is 41.6. The van der Waals surface area contributed by atoms with Crippen LogP contribution in [0.5, 0.6) is 0 Å². The number of benzene rings is 3. The van der Waals surface area contributed by atoms with Gasteiger partial charge in [-0.1, -0.05) is 42.0 Å². The topological polar surface area (TPSA) is 87.6 Å². The van der Waals surface area contributed by atoms with E-state index in [2.05, 4.69) is 15.2 Å². The predicted molar refractivity (Wildman–Crippen MR) is 115 cm³/mol. The first kappa shape index (κ1) is 21.2. The molecule has 30 heavy (non-hydrogen) atoms. The molecule has 0 aliphatic carbocycles. The van der Waals surface area contributed by atoms with Crippen molar-refractivity contribution in [3.63, 3.8) is 0 Å². The van der Waals surface area contributed by atoms with Crippen LogP contribution in [-0.4, -0.2) is 20.5 Å². The highest BCUT2D eigenvalue weighted by molar-refractivity contribution is 7.92. The number of sulfonamides is 1. The Labute approximate surface area is 174 Å². The molecule has 6 nitrogen and oxygen atoms in total. The van der Waals surface area contributed by atoms with Crippen molar-refractivity contribution in [2.24, 2.45) is 5.10 Å². The van der Waals surface area contributed by atoms with E-state index in [1.165, 1.54) is 42.6 Å². The quantitative estimate of drug-likeness (QED) is 0.462. The minimum Gasteiger partial charge on any atom is -0.279 e. The molecule has 0 heterocycles. The van der Waals surface area contributed by atoms with Gasteiger partial charge in [0.25, 0.3) is 15.9 Å². The number of rotatable bonds is 6. The summed E-state index contributed by atoms with van der Waals surface area (Å²) in [4.78, 5) is 12.3. The molecule has 0 unspecified atom stereocenters. The Kier molecular flexibility index (Phi) is 6.27. The molecule has 0 aliphatic rings. The number of carbonyl (C=O) groups is 1. The summed E-state index contributed by atoms with van der Waals surface area (Å²) in [5.41, 5.74) is 4.85. The second kappa shape index (κ2) is 8.87. The SMILES string of the molecule is Cc1ccc(NS(=O)(=O)c2cccc(C(=O)NN=Cc3ccccc3F)c2)c(C)c1. The van der Waals surface area contributed by atoms with Crippen LogP contribution < -0.4 is 10.1 Å². The van der Waals surface area contributed by atoms with Gasteiger partial charge in [0.05, 0.1) is 16.8 Å². The van der Waals surface area contributed by atoms with Crippen molar-refractivity contribution in [1.82, 2.24) is 5.43 Å². The first-order chi connectivity index (χ1) is 14.3. The number of nitrogens with one attached hydrogen (secondary N) is 2. The van der Waals surface area contributed by atoms with E-state index < -0.39 is 21.7 Å². The van der Waals surface area contributed by atoms with Crippen molar-refractivity contribution in [3.8, 4) is 0 Å². The Bertz CT molecular complexity index is 1220. The average molecular weight is 425 g/mol. The second-order valence-electron chi connectivity index (χ2n) is 6.67. The average Bonchev–Trinajstić information content (AvgIpc) is 2.71. The lowest BCUT2D eigenvalue weighted by Gasteiger charge is -2.12. The fourth-order valence-electron chi connectivity index (χ4n) is 2.74. The van der Waals surface area contributed by atoms with E-state index in [0.29, 0.717) is 5.69 Å². The number of hydrogen-bond donors (Lipinski definition) is 2. The maximum atomic E-state index is 13.6. The minimum absolute atomic E-state index is 0.0618. The third-order valence-electron chi connectivity index (χ3n) is 4.31. The van der Waals surface area contributed by atoms with Crippen molar-refractivity contribution < 1.29 is 17.6 Å². The molecule has 3 aromatic carbocycles. The number of halogens is 1. The number of hydrazone groups is 1. The summed E-state index contributed by atoms with van der Waals surface area (Å²) in [6, 6.07) is 16.9. The Morgan fingerprint density at radius 1 is 1.00 bits per heavy atom. The standard InChI is InChI=1S/C22H20FN3O3S/c1-15-10-11-21(16(2)12-15)26-30(28,29)19-8-5-7-17(13-19)22(27)25-24-14-18-6-3-4-9-20(18)23/h3-14,26H,1-2H3,(H,25,27). The fourth-order valence-corrected chi connectivity index (χ4v) is 3.92. The highest BCUT2D eigenvalue weighted by Crippen LogP contribution is 2.21. The van der Waals surface area contributed by atoms with Crippen LogP contribution in [0, 0.1) is 19.7 Å². The zero-order chi connectivity index (χ0) is 21.7.